The number of hydrogen-bond acceptors (Lipinski definition) is 2. The molecule has 0 aliphatic heterocycles. The third-order valence-corrected chi connectivity index (χ3v) is 4.37. The summed E-state index contributed by atoms with van der Waals surface area (Å²) in [6.45, 7) is 2.19. The van der Waals surface area contributed by atoms with Crippen molar-refractivity contribution in [3.05, 3.63) is 28.2 Å². The molecule has 1 saturated carbocycles. The van der Waals surface area contributed by atoms with Crippen LogP contribution in [0.25, 0.3) is 0 Å². The number of carbonyl (C=O) groups excluding carboxylic acids is 1. The lowest BCUT2D eigenvalue weighted by atomic mass is 9.96. The number of halogens is 1. The molecular formula is C15H20BrNO2. The number of phenolic OH excluding ortho intramolecular Hbond substituents is 1. The van der Waals surface area contributed by atoms with Gasteiger partial charge in [-0.25, -0.2) is 0 Å². The standard InChI is InChI=1S/C15H20BrNO2/c1-10-5-3-2-4-6-13(10)17-15(19)12-9-11(16)7-8-14(12)18/h7-10,13,18H,2-6H2,1H3,(H,17,19). The third-order valence-electron chi connectivity index (χ3n) is 3.88. The van der Waals surface area contributed by atoms with Crippen molar-refractivity contribution in [1.82, 2.24) is 5.32 Å². The van der Waals surface area contributed by atoms with Gasteiger partial charge in [0.05, 0.1) is 5.56 Å². The fourth-order valence-electron chi connectivity index (χ4n) is 2.64. The largest absolute Gasteiger partial charge is 0.507 e. The van der Waals surface area contributed by atoms with Crippen LogP contribution in [0.4, 0.5) is 0 Å². The van der Waals surface area contributed by atoms with Crippen LogP contribution in [-0.2, 0) is 0 Å². The van der Waals surface area contributed by atoms with Crippen LogP contribution < -0.4 is 5.32 Å². The highest BCUT2D eigenvalue weighted by Crippen LogP contribution is 2.25. The molecule has 104 valence electrons. The van der Waals surface area contributed by atoms with Crippen LogP contribution >= 0.6 is 15.9 Å². The second kappa shape index (κ2) is 6.42. The average Bonchev–Trinajstić information content (AvgIpc) is 2.58. The van der Waals surface area contributed by atoms with Crippen molar-refractivity contribution < 1.29 is 9.90 Å². The molecule has 2 atom stereocenters. The van der Waals surface area contributed by atoms with Crippen LogP contribution in [-0.4, -0.2) is 17.1 Å². The van der Waals surface area contributed by atoms with Crippen LogP contribution in [0.2, 0.25) is 0 Å². The van der Waals surface area contributed by atoms with Gasteiger partial charge in [0, 0.05) is 10.5 Å². The second-order valence-corrected chi connectivity index (χ2v) is 6.27. The van der Waals surface area contributed by atoms with Crippen LogP contribution in [0.3, 0.4) is 0 Å². The Kier molecular flexibility index (Phi) is 4.86. The molecule has 1 aromatic rings. The second-order valence-electron chi connectivity index (χ2n) is 5.36. The van der Waals surface area contributed by atoms with Gasteiger partial charge in [-0.2, -0.15) is 0 Å². The Labute approximate surface area is 122 Å². The van der Waals surface area contributed by atoms with E-state index in [0.717, 1.165) is 17.3 Å². The maximum atomic E-state index is 12.3. The zero-order valence-electron chi connectivity index (χ0n) is 11.2. The Hall–Kier alpha value is -1.03. The zero-order valence-corrected chi connectivity index (χ0v) is 12.7. The Morgan fingerprint density at radius 1 is 1.32 bits per heavy atom. The van der Waals surface area contributed by atoms with Crippen LogP contribution in [0, 0.1) is 5.92 Å². The average molecular weight is 326 g/mol. The highest BCUT2D eigenvalue weighted by molar-refractivity contribution is 9.10. The fourth-order valence-corrected chi connectivity index (χ4v) is 3.00. The summed E-state index contributed by atoms with van der Waals surface area (Å²) < 4.78 is 0.796. The number of amides is 1. The summed E-state index contributed by atoms with van der Waals surface area (Å²) in [5.74, 6) is 0.347. The molecule has 2 rings (SSSR count). The highest BCUT2D eigenvalue weighted by atomic mass is 79.9. The molecule has 1 aliphatic rings. The summed E-state index contributed by atoms with van der Waals surface area (Å²) in [5.41, 5.74) is 0.339. The SMILES string of the molecule is CC1CCCCCC1NC(=O)c1cc(Br)ccc1O. The van der Waals surface area contributed by atoms with Gasteiger partial charge in [-0.15, -0.1) is 0 Å². The smallest absolute Gasteiger partial charge is 0.255 e. The molecule has 0 aromatic heterocycles. The van der Waals surface area contributed by atoms with Crippen LogP contribution in [0.15, 0.2) is 22.7 Å². The predicted octanol–water partition coefficient (Wildman–Crippen LogP) is 3.85. The summed E-state index contributed by atoms with van der Waals surface area (Å²) in [7, 11) is 0. The van der Waals surface area contributed by atoms with Gasteiger partial charge in [0.25, 0.3) is 5.91 Å². The first kappa shape index (κ1) is 14.4. The Bertz CT molecular complexity index is 461. The molecule has 19 heavy (non-hydrogen) atoms. The molecule has 0 spiro atoms. The Balaban J connectivity index is 2.09. The molecular weight excluding hydrogens is 306 g/mol. The van der Waals surface area contributed by atoms with E-state index in [1.54, 1.807) is 12.1 Å². The van der Waals surface area contributed by atoms with Crippen molar-refractivity contribution in [2.24, 2.45) is 5.92 Å². The number of aromatic hydroxyl groups is 1. The first-order chi connectivity index (χ1) is 9.08. The van der Waals surface area contributed by atoms with Gasteiger partial charge >= 0.3 is 0 Å². The van der Waals surface area contributed by atoms with Crippen LogP contribution in [0.5, 0.6) is 5.75 Å². The van der Waals surface area contributed by atoms with E-state index in [0.29, 0.717) is 11.5 Å². The van der Waals surface area contributed by atoms with Gasteiger partial charge < -0.3 is 10.4 Å². The van der Waals surface area contributed by atoms with Crippen molar-refractivity contribution >= 4 is 21.8 Å². The van der Waals surface area contributed by atoms with Gasteiger partial charge in [0.1, 0.15) is 5.75 Å². The van der Waals surface area contributed by atoms with E-state index in [1.807, 2.05) is 0 Å². The van der Waals surface area contributed by atoms with E-state index in [2.05, 4.69) is 28.2 Å². The third kappa shape index (κ3) is 3.72. The van der Waals surface area contributed by atoms with Crippen molar-refractivity contribution in [1.29, 1.82) is 0 Å². The molecule has 1 amide bonds. The highest BCUT2D eigenvalue weighted by Gasteiger charge is 2.23. The van der Waals surface area contributed by atoms with Crippen molar-refractivity contribution in [3.8, 4) is 5.75 Å². The monoisotopic (exact) mass is 325 g/mol. The molecule has 0 radical (unpaired) electrons. The maximum Gasteiger partial charge on any atom is 0.255 e. The lowest BCUT2D eigenvalue weighted by Crippen LogP contribution is -2.38. The summed E-state index contributed by atoms with van der Waals surface area (Å²) in [5, 5.41) is 12.8. The molecule has 0 saturated heterocycles. The topological polar surface area (TPSA) is 49.3 Å². The first-order valence-electron chi connectivity index (χ1n) is 6.87. The van der Waals surface area contributed by atoms with Gasteiger partial charge in [0.2, 0.25) is 0 Å². The maximum absolute atomic E-state index is 12.3. The molecule has 2 N–H and O–H groups in total. The van der Waals surface area contributed by atoms with Crippen molar-refractivity contribution in [2.45, 2.75) is 45.1 Å². The molecule has 1 aromatic carbocycles. The van der Waals surface area contributed by atoms with Gasteiger partial charge in [-0.3, -0.25) is 4.79 Å². The van der Waals surface area contributed by atoms with Crippen molar-refractivity contribution in [2.75, 3.05) is 0 Å². The lowest BCUT2D eigenvalue weighted by Gasteiger charge is -2.23. The molecule has 2 unspecified atom stereocenters. The van der Waals surface area contributed by atoms with E-state index in [-0.39, 0.29) is 17.7 Å². The minimum absolute atomic E-state index is 0.0296. The van der Waals surface area contributed by atoms with E-state index in [1.165, 1.54) is 25.3 Å². The molecule has 4 heteroatoms. The van der Waals surface area contributed by atoms with Gasteiger partial charge in [-0.05, 0) is 37.0 Å². The predicted molar refractivity (Wildman–Crippen MR) is 79.3 cm³/mol. The number of phenols is 1. The fraction of sp³-hybridized carbons (Fsp3) is 0.533. The Morgan fingerprint density at radius 3 is 2.84 bits per heavy atom. The normalized spacial score (nSPS) is 23.7. The number of hydrogen-bond donors (Lipinski definition) is 2. The summed E-state index contributed by atoms with van der Waals surface area (Å²) in [4.78, 5) is 12.3. The number of benzene rings is 1. The van der Waals surface area contributed by atoms with Crippen LogP contribution in [0.1, 0.15) is 49.4 Å². The molecule has 3 nitrogen and oxygen atoms in total. The summed E-state index contributed by atoms with van der Waals surface area (Å²) in [6.07, 6.45) is 5.85. The van der Waals surface area contributed by atoms with E-state index in [4.69, 9.17) is 0 Å². The molecule has 1 fully saturated rings. The summed E-state index contributed by atoms with van der Waals surface area (Å²) in [6, 6.07) is 5.13. The quantitative estimate of drug-likeness (QED) is 0.811. The number of rotatable bonds is 2. The number of nitrogens with one attached hydrogen (secondary N) is 1. The zero-order chi connectivity index (χ0) is 13.8. The van der Waals surface area contributed by atoms with Gasteiger partial charge in [0.15, 0.2) is 0 Å². The van der Waals surface area contributed by atoms with Crippen molar-refractivity contribution in [3.63, 3.8) is 0 Å². The minimum Gasteiger partial charge on any atom is -0.507 e. The summed E-state index contributed by atoms with van der Waals surface area (Å²) >= 11 is 3.32. The van der Waals surface area contributed by atoms with Gasteiger partial charge in [-0.1, -0.05) is 42.1 Å². The lowest BCUT2D eigenvalue weighted by molar-refractivity contribution is 0.0919. The van der Waals surface area contributed by atoms with E-state index in [9.17, 15) is 9.90 Å². The van der Waals surface area contributed by atoms with E-state index < -0.39 is 0 Å². The first-order valence-corrected chi connectivity index (χ1v) is 7.66. The number of carbonyl (C=O) groups is 1. The Morgan fingerprint density at radius 2 is 2.05 bits per heavy atom. The molecule has 1 aliphatic carbocycles. The minimum atomic E-state index is -0.183. The molecule has 0 bridgehead atoms. The van der Waals surface area contributed by atoms with E-state index >= 15 is 0 Å². The molecule has 0 heterocycles.